The summed E-state index contributed by atoms with van der Waals surface area (Å²) in [6, 6.07) is 17.4. The van der Waals surface area contributed by atoms with Crippen molar-refractivity contribution in [3.8, 4) is 0 Å². The van der Waals surface area contributed by atoms with Crippen LogP contribution in [0.1, 0.15) is 84.4 Å². The number of anilines is 1. The van der Waals surface area contributed by atoms with Crippen molar-refractivity contribution in [2.24, 2.45) is 4.99 Å². The van der Waals surface area contributed by atoms with E-state index >= 15 is 0 Å². The predicted octanol–water partition coefficient (Wildman–Crippen LogP) is 9.27. The molecule has 2 nitrogen and oxygen atoms in total. The quantitative estimate of drug-likeness (QED) is 0.304. The first-order chi connectivity index (χ1) is 16.6. The summed E-state index contributed by atoms with van der Waals surface area (Å²) in [6.45, 7) is 20.9. The van der Waals surface area contributed by atoms with Gasteiger partial charge in [0.15, 0.2) is 0 Å². The highest BCUT2D eigenvalue weighted by molar-refractivity contribution is 6.02. The van der Waals surface area contributed by atoms with Crippen molar-refractivity contribution in [1.82, 2.24) is 0 Å². The summed E-state index contributed by atoms with van der Waals surface area (Å²) >= 11 is 0. The fourth-order valence-corrected chi connectivity index (χ4v) is 4.52. The lowest BCUT2D eigenvalue weighted by atomic mass is 9.86. The van der Waals surface area contributed by atoms with Crippen LogP contribution < -0.4 is 5.32 Å². The summed E-state index contributed by atoms with van der Waals surface area (Å²) < 4.78 is 0. The number of hydrogen-bond donors (Lipinski definition) is 1. The molecular weight excluding hydrogens is 424 g/mol. The van der Waals surface area contributed by atoms with Crippen LogP contribution in [0.2, 0.25) is 0 Å². The van der Waals surface area contributed by atoms with E-state index < -0.39 is 0 Å². The van der Waals surface area contributed by atoms with Crippen LogP contribution in [0.25, 0.3) is 5.70 Å². The van der Waals surface area contributed by atoms with Crippen molar-refractivity contribution >= 4 is 17.1 Å². The molecule has 0 radical (unpaired) electrons. The van der Waals surface area contributed by atoms with Gasteiger partial charge in [-0.1, -0.05) is 82.3 Å². The molecule has 0 bridgehead atoms. The zero-order valence-electron chi connectivity index (χ0n) is 22.8. The monoisotopic (exact) mass is 466 g/mol. The van der Waals surface area contributed by atoms with E-state index in [0.29, 0.717) is 0 Å². The number of nitrogens with one attached hydrogen (secondary N) is 1. The van der Waals surface area contributed by atoms with Crippen LogP contribution in [0.5, 0.6) is 0 Å². The maximum atomic E-state index is 5.16. The van der Waals surface area contributed by atoms with E-state index in [2.05, 4.69) is 121 Å². The number of hydrogen-bond acceptors (Lipinski definition) is 2. The smallest absolute Gasteiger partial charge is 0.0711 e. The largest absolute Gasteiger partial charge is 0.385 e. The summed E-state index contributed by atoms with van der Waals surface area (Å²) in [5.74, 6) is 0. The summed E-state index contributed by atoms with van der Waals surface area (Å²) in [7, 11) is 0. The van der Waals surface area contributed by atoms with Crippen LogP contribution in [-0.2, 0) is 5.41 Å². The molecule has 2 aromatic carbocycles. The summed E-state index contributed by atoms with van der Waals surface area (Å²) in [5.41, 5.74) is 11.8. The molecule has 0 aliphatic heterocycles. The predicted molar refractivity (Wildman–Crippen MR) is 155 cm³/mol. The van der Waals surface area contributed by atoms with E-state index in [1.54, 1.807) is 0 Å². The van der Waals surface area contributed by atoms with Crippen molar-refractivity contribution in [3.63, 3.8) is 0 Å². The number of benzene rings is 2. The summed E-state index contributed by atoms with van der Waals surface area (Å²) in [6.07, 6.45) is 7.78. The number of rotatable bonds is 8. The first kappa shape index (κ1) is 26.5. The van der Waals surface area contributed by atoms with E-state index in [-0.39, 0.29) is 5.41 Å². The highest BCUT2D eigenvalue weighted by atomic mass is 14.9. The van der Waals surface area contributed by atoms with E-state index in [1.165, 1.54) is 22.3 Å². The molecule has 2 heteroatoms. The third-order valence-electron chi connectivity index (χ3n) is 6.62. The Morgan fingerprint density at radius 1 is 1.06 bits per heavy atom. The van der Waals surface area contributed by atoms with Gasteiger partial charge in [0.2, 0.25) is 0 Å². The summed E-state index contributed by atoms with van der Waals surface area (Å²) in [5, 5.41) is 3.48. The lowest BCUT2D eigenvalue weighted by molar-refractivity contribution is 0.590. The standard InChI is InChI=1S/C33H42N2/c1-9-20-34-30-15-11-14-28(22-30)26(5)35-31(27-16-18-29(19-17-27)33(6,7)8)21-25(4)32-23(2)12-10-13-24(32)3/h11-12,14-19,21-22,34H,4,9-10,13,20H2,1-3,5-8H3/b31-21-,35-26+. The minimum Gasteiger partial charge on any atom is -0.385 e. The first-order valence-corrected chi connectivity index (χ1v) is 12.9. The van der Waals surface area contributed by atoms with Gasteiger partial charge in [-0.25, -0.2) is 0 Å². The van der Waals surface area contributed by atoms with Gasteiger partial charge in [0, 0.05) is 23.5 Å². The molecule has 0 saturated carbocycles. The van der Waals surface area contributed by atoms with Gasteiger partial charge in [-0.05, 0) is 91.5 Å². The molecule has 0 fully saturated rings. The third kappa shape index (κ3) is 6.94. The highest BCUT2D eigenvalue weighted by Crippen LogP contribution is 2.33. The zero-order valence-corrected chi connectivity index (χ0v) is 22.8. The maximum absolute atomic E-state index is 5.16. The van der Waals surface area contributed by atoms with Gasteiger partial charge >= 0.3 is 0 Å². The molecule has 0 aromatic heterocycles. The molecule has 0 amide bonds. The van der Waals surface area contributed by atoms with Gasteiger partial charge in [0.25, 0.3) is 0 Å². The van der Waals surface area contributed by atoms with Gasteiger partial charge in [-0.2, -0.15) is 0 Å². The fraction of sp³-hybridized carbons (Fsp3) is 0.364. The lowest BCUT2D eigenvalue weighted by Gasteiger charge is -2.20. The second kappa shape index (κ2) is 11.5. The SMILES string of the molecule is C=C(/C=C(\N=C(/C)c1cccc(NCCC)c1)c1ccc(C(C)(C)C)cc1)C1=C(C)CCC=C1C. The van der Waals surface area contributed by atoms with E-state index in [9.17, 15) is 0 Å². The van der Waals surface area contributed by atoms with E-state index in [4.69, 9.17) is 4.99 Å². The number of allylic oxidation sites excluding steroid dienone is 6. The Morgan fingerprint density at radius 2 is 1.77 bits per heavy atom. The Hall–Kier alpha value is -3.13. The molecule has 184 valence electrons. The average Bonchev–Trinajstić information content (AvgIpc) is 2.82. The second-order valence-corrected chi connectivity index (χ2v) is 10.7. The highest BCUT2D eigenvalue weighted by Gasteiger charge is 2.16. The molecule has 0 heterocycles. The minimum absolute atomic E-state index is 0.114. The molecule has 3 rings (SSSR count). The van der Waals surface area contributed by atoms with Gasteiger partial charge < -0.3 is 5.32 Å². The Morgan fingerprint density at radius 3 is 2.40 bits per heavy atom. The molecule has 1 aliphatic rings. The van der Waals surface area contributed by atoms with Gasteiger partial charge in [-0.3, -0.25) is 4.99 Å². The Bertz CT molecular complexity index is 1180. The second-order valence-electron chi connectivity index (χ2n) is 10.7. The first-order valence-electron chi connectivity index (χ1n) is 12.9. The van der Waals surface area contributed by atoms with Crippen LogP contribution in [0.4, 0.5) is 5.69 Å². The van der Waals surface area contributed by atoms with Crippen LogP contribution in [0, 0.1) is 0 Å². The van der Waals surface area contributed by atoms with Crippen molar-refractivity contribution < 1.29 is 0 Å². The topological polar surface area (TPSA) is 24.4 Å². The summed E-state index contributed by atoms with van der Waals surface area (Å²) in [4.78, 5) is 5.16. The average molecular weight is 467 g/mol. The Kier molecular flexibility index (Phi) is 8.72. The molecular formula is C33H42N2. The van der Waals surface area contributed by atoms with Gasteiger partial charge in [0.1, 0.15) is 0 Å². The van der Waals surface area contributed by atoms with Crippen molar-refractivity contribution in [2.75, 3.05) is 11.9 Å². The van der Waals surface area contributed by atoms with E-state index in [1.807, 2.05) is 0 Å². The molecule has 0 atom stereocenters. The van der Waals surface area contributed by atoms with Crippen LogP contribution >= 0.6 is 0 Å². The fourth-order valence-electron chi connectivity index (χ4n) is 4.52. The normalized spacial score (nSPS) is 15.2. The van der Waals surface area contributed by atoms with Crippen LogP contribution in [-0.4, -0.2) is 12.3 Å². The molecule has 0 unspecified atom stereocenters. The van der Waals surface area contributed by atoms with Crippen LogP contribution in [0.3, 0.4) is 0 Å². The number of nitrogens with zero attached hydrogens (tertiary/aromatic N) is 1. The third-order valence-corrected chi connectivity index (χ3v) is 6.62. The van der Waals surface area contributed by atoms with Gasteiger partial charge in [0.05, 0.1) is 5.70 Å². The molecule has 2 aromatic rings. The van der Waals surface area contributed by atoms with Crippen molar-refractivity contribution in [2.45, 2.75) is 73.1 Å². The van der Waals surface area contributed by atoms with Gasteiger partial charge in [-0.15, -0.1) is 0 Å². The minimum atomic E-state index is 0.114. The van der Waals surface area contributed by atoms with Crippen LogP contribution in [0.15, 0.2) is 94.5 Å². The molecule has 1 N–H and O–H groups in total. The molecule has 1 aliphatic carbocycles. The van der Waals surface area contributed by atoms with Crippen molar-refractivity contribution in [3.05, 3.63) is 106 Å². The number of aliphatic imine (C=N–C) groups is 1. The van der Waals surface area contributed by atoms with Crippen molar-refractivity contribution in [1.29, 1.82) is 0 Å². The van der Waals surface area contributed by atoms with E-state index in [0.717, 1.165) is 59.6 Å². The maximum Gasteiger partial charge on any atom is 0.0711 e. The molecule has 0 spiro atoms. The molecule has 35 heavy (non-hydrogen) atoms. The Balaban J connectivity index is 2.05. The Labute approximate surface area is 213 Å². The molecule has 0 saturated heterocycles. The zero-order chi connectivity index (χ0) is 25.6. The lowest BCUT2D eigenvalue weighted by Crippen LogP contribution is -2.10.